The summed E-state index contributed by atoms with van der Waals surface area (Å²) in [5, 5.41) is 15.4. The smallest absolute Gasteiger partial charge is 0.242 e. The molecule has 0 fully saturated rings. The highest BCUT2D eigenvalue weighted by atomic mass is 16.3. The molecular formula is C30H38N4O3. The summed E-state index contributed by atoms with van der Waals surface area (Å²) in [5.74, 6) is -0.510. The first-order valence-electron chi connectivity index (χ1n) is 12.9. The molecule has 0 heterocycles. The van der Waals surface area contributed by atoms with Crippen LogP contribution in [0, 0.1) is 0 Å². The highest BCUT2D eigenvalue weighted by Gasteiger charge is 2.24. The Morgan fingerprint density at radius 2 is 1.32 bits per heavy atom. The molecule has 37 heavy (non-hydrogen) atoms. The second-order valence-electron chi connectivity index (χ2n) is 9.33. The molecule has 2 atom stereocenters. The van der Waals surface area contributed by atoms with Gasteiger partial charge >= 0.3 is 0 Å². The zero-order chi connectivity index (χ0) is 26.5. The molecule has 7 nitrogen and oxygen atoms in total. The number of benzene rings is 3. The molecule has 0 saturated carbocycles. The van der Waals surface area contributed by atoms with Crippen molar-refractivity contribution in [2.24, 2.45) is 11.5 Å². The predicted octanol–water partition coefficient (Wildman–Crippen LogP) is 2.63. The minimum atomic E-state index is -0.788. The largest absolute Gasteiger partial charge is 0.508 e. The van der Waals surface area contributed by atoms with E-state index in [1.165, 1.54) is 5.56 Å². The van der Waals surface area contributed by atoms with Crippen LogP contribution in [-0.2, 0) is 35.3 Å². The van der Waals surface area contributed by atoms with Crippen LogP contribution in [0.5, 0.6) is 5.75 Å². The second kappa shape index (κ2) is 14.8. The van der Waals surface area contributed by atoms with Crippen LogP contribution in [0.4, 0.5) is 0 Å². The van der Waals surface area contributed by atoms with Crippen molar-refractivity contribution in [2.45, 2.75) is 50.6 Å². The molecule has 7 heteroatoms. The van der Waals surface area contributed by atoms with E-state index in [1.54, 1.807) is 24.3 Å². The van der Waals surface area contributed by atoms with Gasteiger partial charge in [-0.05, 0) is 73.0 Å². The fourth-order valence-corrected chi connectivity index (χ4v) is 4.12. The van der Waals surface area contributed by atoms with Crippen LogP contribution in [0.25, 0.3) is 0 Å². The molecule has 0 aliphatic carbocycles. The number of amides is 2. The van der Waals surface area contributed by atoms with Gasteiger partial charge in [0.1, 0.15) is 11.8 Å². The van der Waals surface area contributed by atoms with Gasteiger partial charge in [0.25, 0.3) is 0 Å². The van der Waals surface area contributed by atoms with Crippen LogP contribution < -0.4 is 22.1 Å². The molecule has 0 aliphatic heterocycles. The third kappa shape index (κ3) is 9.71. The van der Waals surface area contributed by atoms with E-state index in [4.69, 9.17) is 11.5 Å². The van der Waals surface area contributed by atoms with Crippen molar-refractivity contribution in [1.82, 2.24) is 10.6 Å². The molecule has 3 aromatic rings. The summed E-state index contributed by atoms with van der Waals surface area (Å²) in [7, 11) is 0. The number of aromatic hydroxyl groups is 1. The first kappa shape index (κ1) is 27.9. The SMILES string of the molecule is NCCCCc1ccc(CCNC(=O)[C@H](Cc2ccc(O)cc2)NC(=O)[C@@H](N)Cc2ccccc2)cc1. The monoisotopic (exact) mass is 502 g/mol. The fraction of sp³-hybridized carbons (Fsp3) is 0.333. The van der Waals surface area contributed by atoms with Gasteiger partial charge in [-0.2, -0.15) is 0 Å². The summed E-state index contributed by atoms with van der Waals surface area (Å²) in [6.45, 7) is 1.16. The lowest BCUT2D eigenvalue weighted by molar-refractivity contribution is -0.129. The average Bonchev–Trinajstić information content (AvgIpc) is 2.91. The Morgan fingerprint density at radius 1 is 0.730 bits per heavy atom. The molecule has 0 bridgehead atoms. The van der Waals surface area contributed by atoms with E-state index in [0.717, 1.165) is 36.0 Å². The second-order valence-corrected chi connectivity index (χ2v) is 9.33. The quantitative estimate of drug-likeness (QED) is 0.216. The molecule has 196 valence electrons. The van der Waals surface area contributed by atoms with Crippen molar-refractivity contribution in [3.05, 3.63) is 101 Å². The number of nitrogens with two attached hydrogens (primary N) is 2. The number of aryl methyl sites for hydroxylation is 1. The molecule has 0 aliphatic rings. The van der Waals surface area contributed by atoms with Gasteiger partial charge in [-0.25, -0.2) is 0 Å². The van der Waals surface area contributed by atoms with E-state index in [9.17, 15) is 14.7 Å². The van der Waals surface area contributed by atoms with Crippen LogP contribution in [0.3, 0.4) is 0 Å². The highest BCUT2D eigenvalue weighted by molar-refractivity contribution is 5.90. The molecule has 2 amide bonds. The third-order valence-corrected chi connectivity index (χ3v) is 6.30. The Bertz CT molecular complexity index is 1100. The maximum atomic E-state index is 13.1. The van der Waals surface area contributed by atoms with E-state index in [0.29, 0.717) is 25.9 Å². The maximum absolute atomic E-state index is 13.1. The van der Waals surface area contributed by atoms with Gasteiger partial charge in [-0.3, -0.25) is 9.59 Å². The summed E-state index contributed by atoms with van der Waals surface area (Å²) in [4.78, 5) is 26.0. The molecule has 3 rings (SSSR count). The standard InChI is InChI=1S/C30H38N4O3/c31-18-5-4-6-22-9-11-23(12-10-22)17-19-33-30(37)28(21-25-13-15-26(35)16-14-25)34-29(36)27(32)20-24-7-2-1-3-8-24/h1-3,7-16,27-28,35H,4-6,17-21,31-32H2,(H,33,37)(H,34,36)/t27-,28-/m0/s1. The average molecular weight is 503 g/mol. The van der Waals surface area contributed by atoms with E-state index >= 15 is 0 Å². The zero-order valence-corrected chi connectivity index (χ0v) is 21.2. The number of nitrogens with one attached hydrogen (secondary N) is 2. The number of carbonyl (C=O) groups excluding carboxylic acids is 2. The van der Waals surface area contributed by atoms with E-state index < -0.39 is 12.1 Å². The lowest BCUT2D eigenvalue weighted by atomic mass is 10.0. The number of rotatable bonds is 14. The lowest BCUT2D eigenvalue weighted by Gasteiger charge is -2.21. The van der Waals surface area contributed by atoms with Crippen molar-refractivity contribution in [2.75, 3.05) is 13.1 Å². The number of unbranched alkanes of at least 4 members (excludes halogenated alkanes) is 1. The molecule has 0 unspecified atom stereocenters. The van der Waals surface area contributed by atoms with Crippen LogP contribution in [0.2, 0.25) is 0 Å². The number of phenolic OH excluding ortho intramolecular Hbond substituents is 1. The Balaban J connectivity index is 1.57. The Hall–Kier alpha value is -3.68. The first-order valence-corrected chi connectivity index (χ1v) is 12.9. The van der Waals surface area contributed by atoms with Gasteiger partial charge < -0.3 is 27.2 Å². The summed E-state index contributed by atoms with van der Waals surface area (Å²) in [5.41, 5.74) is 15.9. The van der Waals surface area contributed by atoms with Gasteiger partial charge in [-0.15, -0.1) is 0 Å². The summed E-state index contributed by atoms with van der Waals surface area (Å²) in [6.07, 6.45) is 4.46. The summed E-state index contributed by atoms with van der Waals surface area (Å²) < 4.78 is 0. The summed E-state index contributed by atoms with van der Waals surface area (Å²) >= 11 is 0. The third-order valence-electron chi connectivity index (χ3n) is 6.30. The Kier molecular flexibility index (Phi) is 11.1. The minimum absolute atomic E-state index is 0.143. The van der Waals surface area contributed by atoms with E-state index in [-0.39, 0.29) is 24.0 Å². The van der Waals surface area contributed by atoms with Gasteiger partial charge in [0.2, 0.25) is 11.8 Å². The van der Waals surface area contributed by atoms with Crippen LogP contribution >= 0.6 is 0 Å². The van der Waals surface area contributed by atoms with E-state index in [1.807, 2.05) is 30.3 Å². The van der Waals surface area contributed by atoms with Gasteiger partial charge in [0.15, 0.2) is 0 Å². The number of phenols is 1. The molecule has 7 N–H and O–H groups in total. The number of carbonyl (C=O) groups is 2. The van der Waals surface area contributed by atoms with Crippen LogP contribution in [0.1, 0.15) is 35.1 Å². The topological polar surface area (TPSA) is 130 Å². The van der Waals surface area contributed by atoms with Crippen molar-refractivity contribution in [1.29, 1.82) is 0 Å². The lowest BCUT2D eigenvalue weighted by Crippen LogP contribution is -2.53. The van der Waals surface area contributed by atoms with Crippen LogP contribution in [-0.4, -0.2) is 42.1 Å². The van der Waals surface area contributed by atoms with E-state index in [2.05, 4.69) is 34.9 Å². The van der Waals surface area contributed by atoms with Crippen LogP contribution in [0.15, 0.2) is 78.9 Å². The molecule has 0 spiro atoms. The van der Waals surface area contributed by atoms with Crippen molar-refractivity contribution >= 4 is 11.8 Å². The molecule has 3 aromatic carbocycles. The van der Waals surface area contributed by atoms with Crippen molar-refractivity contribution in [3.63, 3.8) is 0 Å². The van der Waals surface area contributed by atoms with Gasteiger partial charge in [0, 0.05) is 13.0 Å². The predicted molar refractivity (Wildman–Crippen MR) is 147 cm³/mol. The summed E-state index contributed by atoms with van der Waals surface area (Å²) in [6, 6.07) is 23.0. The zero-order valence-electron chi connectivity index (χ0n) is 21.2. The molecule has 0 aromatic heterocycles. The highest BCUT2D eigenvalue weighted by Crippen LogP contribution is 2.12. The number of hydrogen-bond acceptors (Lipinski definition) is 5. The Labute approximate surface area is 219 Å². The normalized spacial score (nSPS) is 12.5. The molecular weight excluding hydrogens is 464 g/mol. The molecule has 0 saturated heterocycles. The van der Waals surface area contributed by atoms with Gasteiger partial charge in [-0.1, -0.05) is 66.7 Å². The molecule has 0 radical (unpaired) electrons. The van der Waals surface area contributed by atoms with Crippen molar-refractivity contribution < 1.29 is 14.7 Å². The fourth-order valence-electron chi connectivity index (χ4n) is 4.12. The maximum Gasteiger partial charge on any atom is 0.242 e. The minimum Gasteiger partial charge on any atom is -0.508 e. The van der Waals surface area contributed by atoms with Crippen molar-refractivity contribution in [3.8, 4) is 5.75 Å². The number of hydrogen-bond donors (Lipinski definition) is 5. The first-order chi connectivity index (χ1) is 17.9. The van der Waals surface area contributed by atoms with Gasteiger partial charge in [0.05, 0.1) is 6.04 Å². The Morgan fingerprint density at radius 3 is 1.97 bits per heavy atom.